The number of rotatable bonds is 5. The first-order valence-corrected chi connectivity index (χ1v) is 4.96. The molecule has 80 valence electrons. The highest BCUT2D eigenvalue weighted by Crippen LogP contribution is 2.17. The van der Waals surface area contributed by atoms with E-state index in [0.29, 0.717) is 0 Å². The summed E-state index contributed by atoms with van der Waals surface area (Å²) in [6.07, 6.45) is -1.91. The van der Waals surface area contributed by atoms with Gasteiger partial charge in [0.15, 0.2) is 0 Å². The Morgan fingerprint density at radius 1 is 0.846 bits per heavy atom. The molecule has 0 amide bonds. The van der Waals surface area contributed by atoms with Crippen molar-refractivity contribution in [1.29, 1.82) is 0 Å². The van der Waals surface area contributed by atoms with Gasteiger partial charge in [0.05, 0.1) is 12.2 Å². The van der Waals surface area contributed by atoms with Gasteiger partial charge in [0.2, 0.25) is 0 Å². The zero-order valence-corrected chi connectivity index (χ0v) is 8.94. The van der Waals surface area contributed by atoms with Gasteiger partial charge in [-0.25, -0.2) is 0 Å². The second-order valence-corrected chi connectivity index (χ2v) is 4.10. The van der Waals surface area contributed by atoms with Gasteiger partial charge in [0.25, 0.3) is 0 Å². The Morgan fingerprint density at radius 2 is 1.31 bits per heavy atom. The lowest BCUT2D eigenvalue weighted by atomic mass is 9.90. The highest BCUT2D eigenvalue weighted by atomic mass is 16.4. The Labute approximate surface area is 80.4 Å². The van der Waals surface area contributed by atoms with Crippen molar-refractivity contribution in [3.63, 3.8) is 0 Å². The zero-order valence-electron chi connectivity index (χ0n) is 8.94. The van der Waals surface area contributed by atoms with Crippen LogP contribution in [0.3, 0.4) is 0 Å². The average Bonchev–Trinajstić information content (AvgIpc) is 2.12. The standard InChI is InChI=1S/C10H22O3/c1-5-7(4)9(12)10(13)8(11)6(2)3/h6-13H,5H2,1-4H3/t7-,8+,9-,10-/m1/s1. The molecule has 0 bridgehead atoms. The fraction of sp³-hybridized carbons (Fsp3) is 1.00. The van der Waals surface area contributed by atoms with Crippen LogP contribution in [0, 0.1) is 11.8 Å². The quantitative estimate of drug-likeness (QED) is 0.600. The lowest BCUT2D eigenvalue weighted by Gasteiger charge is -2.28. The molecule has 3 N–H and O–H groups in total. The zero-order chi connectivity index (χ0) is 10.6. The molecule has 0 aliphatic rings. The van der Waals surface area contributed by atoms with E-state index in [0.717, 1.165) is 6.42 Å². The predicted molar refractivity (Wildman–Crippen MR) is 52.3 cm³/mol. The van der Waals surface area contributed by atoms with Gasteiger partial charge < -0.3 is 15.3 Å². The van der Waals surface area contributed by atoms with Gasteiger partial charge in [-0.15, -0.1) is 0 Å². The largest absolute Gasteiger partial charge is 0.390 e. The third kappa shape index (κ3) is 3.63. The normalized spacial score (nSPS) is 21.2. The Kier molecular flexibility index (Phi) is 5.53. The molecule has 0 radical (unpaired) electrons. The second kappa shape index (κ2) is 5.58. The minimum Gasteiger partial charge on any atom is -0.390 e. The van der Waals surface area contributed by atoms with Crippen molar-refractivity contribution < 1.29 is 15.3 Å². The fourth-order valence-corrected chi connectivity index (χ4v) is 1.17. The summed E-state index contributed by atoms with van der Waals surface area (Å²) < 4.78 is 0. The van der Waals surface area contributed by atoms with Crippen LogP contribution in [-0.2, 0) is 0 Å². The average molecular weight is 190 g/mol. The third-order valence-corrected chi connectivity index (χ3v) is 2.61. The van der Waals surface area contributed by atoms with Gasteiger partial charge >= 0.3 is 0 Å². The first-order chi connectivity index (χ1) is 5.91. The molecule has 0 aliphatic heterocycles. The van der Waals surface area contributed by atoms with Crippen molar-refractivity contribution in [2.45, 2.75) is 52.4 Å². The van der Waals surface area contributed by atoms with E-state index in [2.05, 4.69) is 0 Å². The molecule has 0 unspecified atom stereocenters. The van der Waals surface area contributed by atoms with E-state index >= 15 is 0 Å². The maximum absolute atomic E-state index is 9.60. The third-order valence-electron chi connectivity index (χ3n) is 2.61. The van der Waals surface area contributed by atoms with Gasteiger partial charge in [-0.1, -0.05) is 34.1 Å². The van der Waals surface area contributed by atoms with E-state index in [1.807, 2.05) is 27.7 Å². The van der Waals surface area contributed by atoms with E-state index in [9.17, 15) is 15.3 Å². The van der Waals surface area contributed by atoms with Crippen LogP contribution in [0.1, 0.15) is 34.1 Å². The van der Waals surface area contributed by atoms with Crippen molar-refractivity contribution in [2.24, 2.45) is 11.8 Å². The molecule has 0 aromatic rings. The summed E-state index contributed by atoms with van der Waals surface area (Å²) in [7, 11) is 0. The molecule has 13 heavy (non-hydrogen) atoms. The second-order valence-electron chi connectivity index (χ2n) is 4.10. The van der Waals surface area contributed by atoms with Crippen LogP contribution in [0.25, 0.3) is 0 Å². The lowest BCUT2D eigenvalue weighted by Crippen LogP contribution is -2.43. The maximum Gasteiger partial charge on any atom is 0.106 e. The smallest absolute Gasteiger partial charge is 0.106 e. The van der Waals surface area contributed by atoms with Crippen molar-refractivity contribution in [3.8, 4) is 0 Å². The summed E-state index contributed by atoms with van der Waals surface area (Å²) in [6.45, 7) is 7.44. The molecule has 0 spiro atoms. The molecule has 3 heteroatoms. The first-order valence-electron chi connectivity index (χ1n) is 4.96. The van der Waals surface area contributed by atoms with E-state index in [1.54, 1.807) is 0 Å². The molecule has 3 nitrogen and oxygen atoms in total. The van der Waals surface area contributed by atoms with Crippen molar-refractivity contribution >= 4 is 0 Å². The van der Waals surface area contributed by atoms with Crippen LogP contribution in [0.5, 0.6) is 0 Å². The van der Waals surface area contributed by atoms with E-state index in [1.165, 1.54) is 0 Å². The number of aliphatic hydroxyl groups excluding tert-OH is 3. The van der Waals surface area contributed by atoms with E-state index in [4.69, 9.17) is 0 Å². The van der Waals surface area contributed by atoms with E-state index < -0.39 is 18.3 Å². The van der Waals surface area contributed by atoms with Gasteiger partial charge in [-0.2, -0.15) is 0 Å². The first kappa shape index (κ1) is 12.9. The molecule has 0 fully saturated rings. The Bertz CT molecular complexity index is 136. The minimum atomic E-state index is -1.03. The molecule has 0 aromatic carbocycles. The van der Waals surface area contributed by atoms with Crippen LogP contribution in [-0.4, -0.2) is 33.6 Å². The van der Waals surface area contributed by atoms with Crippen molar-refractivity contribution in [3.05, 3.63) is 0 Å². The van der Waals surface area contributed by atoms with Crippen molar-refractivity contribution in [2.75, 3.05) is 0 Å². The Balaban J connectivity index is 4.15. The van der Waals surface area contributed by atoms with Gasteiger partial charge in [-0.3, -0.25) is 0 Å². The van der Waals surface area contributed by atoms with Gasteiger partial charge in [0.1, 0.15) is 6.10 Å². The van der Waals surface area contributed by atoms with E-state index in [-0.39, 0.29) is 11.8 Å². The van der Waals surface area contributed by atoms with Crippen LogP contribution < -0.4 is 0 Å². The highest BCUT2D eigenvalue weighted by Gasteiger charge is 2.29. The molecule has 0 saturated heterocycles. The number of hydrogen-bond donors (Lipinski definition) is 3. The SMILES string of the molecule is CC[C@@H](C)[C@@H](O)[C@H](O)[C@@H](O)C(C)C. The highest BCUT2D eigenvalue weighted by molar-refractivity contribution is 4.80. The summed E-state index contributed by atoms with van der Waals surface area (Å²) in [5, 5.41) is 28.7. The van der Waals surface area contributed by atoms with Gasteiger partial charge in [0, 0.05) is 0 Å². The molecule has 0 heterocycles. The van der Waals surface area contributed by atoms with Crippen molar-refractivity contribution in [1.82, 2.24) is 0 Å². The van der Waals surface area contributed by atoms with Crippen LogP contribution >= 0.6 is 0 Å². The number of hydrogen-bond acceptors (Lipinski definition) is 3. The molecule has 0 saturated carbocycles. The number of aliphatic hydroxyl groups is 3. The van der Waals surface area contributed by atoms with Crippen LogP contribution in [0.4, 0.5) is 0 Å². The van der Waals surface area contributed by atoms with Gasteiger partial charge in [-0.05, 0) is 11.8 Å². The molecule has 0 rings (SSSR count). The molecular formula is C10H22O3. The monoisotopic (exact) mass is 190 g/mol. The molecule has 4 atom stereocenters. The summed E-state index contributed by atoms with van der Waals surface area (Å²) >= 11 is 0. The fourth-order valence-electron chi connectivity index (χ4n) is 1.17. The lowest BCUT2D eigenvalue weighted by molar-refractivity contribution is -0.0925. The topological polar surface area (TPSA) is 60.7 Å². The molecule has 0 aromatic heterocycles. The molecular weight excluding hydrogens is 168 g/mol. The van der Waals surface area contributed by atoms with Crippen LogP contribution in [0.2, 0.25) is 0 Å². The Morgan fingerprint density at radius 3 is 1.62 bits per heavy atom. The summed E-state index contributed by atoms with van der Waals surface area (Å²) in [5.41, 5.74) is 0. The molecule has 0 aliphatic carbocycles. The predicted octanol–water partition coefficient (Wildman–Crippen LogP) is 0.771. The summed E-state index contributed by atoms with van der Waals surface area (Å²) in [5.74, 6) is -0.0166. The maximum atomic E-state index is 9.60. The van der Waals surface area contributed by atoms with Crippen LogP contribution in [0.15, 0.2) is 0 Å². The summed E-state index contributed by atoms with van der Waals surface area (Å²) in [4.78, 5) is 0. The Hall–Kier alpha value is -0.120. The summed E-state index contributed by atoms with van der Waals surface area (Å²) in [6, 6.07) is 0. The minimum absolute atomic E-state index is 0.0170.